The lowest BCUT2D eigenvalue weighted by molar-refractivity contribution is -0.116. The zero-order valence-electron chi connectivity index (χ0n) is 18.0. The zero-order chi connectivity index (χ0) is 23.3. The summed E-state index contributed by atoms with van der Waals surface area (Å²) >= 11 is 3.50. The van der Waals surface area contributed by atoms with E-state index >= 15 is 0 Å². The zero-order valence-corrected chi connectivity index (χ0v) is 19.6. The summed E-state index contributed by atoms with van der Waals surface area (Å²) in [6.07, 6.45) is 2.08. The lowest BCUT2D eigenvalue weighted by Gasteiger charge is -2.34. The molecular formula is C25H26BrFN2O3. The third-order valence-electron chi connectivity index (χ3n) is 5.30. The van der Waals surface area contributed by atoms with Crippen molar-refractivity contribution in [2.75, 3.05) is 11.9 Å². The second kappa shape index (κ2) is 10.7. The van der Waals surface area contributed by atoms with E-state index in [0.717, 1.165) is 34.3 Å². The number of halogens is 2. The van der Waals surface area contributed by atoms with Crippen LogP contribution in [0.4, 0.5) is 10.1 Å². The number of Topliss-reactive ketones (excluding diaryl/α,β-unsaturated/α-hetero) is 1. The first kappa shape index (κ1) is 23.9. The van der Waals surface area contributed by atoms with Crippen LogP contribution in [0.5, 0.6) is 0 Å². The standard InChI is InChI=1S/C23H20BrFN2O2.C2H6O/c1-13-20(23(29)27-17-10-8-16(25)9-11-17)21(14-4-2-5-15(24)12-14)22-18(26-13)6-3-7-19(22)28;1-2-3/h2,4-5,8-12,21,26H,3,6-7H2,1H3,(H,27,29);3H,2H2,1H3. The summed E-state index contributed by atoms with van der Waals surface area (Å²) in [4.78, 5) is 26.1. The van der Waals surface area contributed by atoms with Gasteiger partial charge in [0.05, 0.1) is 0 Å². The van der Waals surface area contributed by atoms with Gasteiger partial charge < -0.3 is 15.7 Å². The van der Waals surface area contributed by atoms with E-state index in [2.05, 4.69) is 26.6 Å². The fraction of sp³-hybridized carbons (Fsp3) is 0.280. The van der Waals surface area contributed by atoms with E-state index in [4.69, 9.17) is 5.11 Å². The van der Waals surface area contributed by atoms with Crippen molar-refractivity contribution in [3.8, 4) is 0 Å². The van der Waals surface area contributed by atoms with Crippen LogP contribution in [-0.4, -0.2) is 23.4 Å². The number of ketones is 1. The molecule has 0 fully saturated rings. The smallest absolute Gasteiger partial charge is 0.254 e. The van der Waals surface area contributed by atoms with Crippen molar-refractivity contribution >= 4 is 33.3 Å². The molecule has 5 nitrogen and oxygen atoms in total. The first-order valence-electron chi connectivity index (χ1n) is 10.5. The van der Waals surface area contributed by atoms with E-state index in [-0.39, 0.29) is 24.1 Å². The number of allylic oxidation sites excluding steroid dienone is 3. The number of aliphatic hydroxyl groups is 1. The Bertz CT molecular complexity index is 1080. The first-order valence-corrected chi connectivity index (χ1v) is 11.3. The maximum absolute atomic E-state index is 13.3. The number of anilines is 1. The largest absolute Gasteiger partial charge is 0.397 e. The van der Waals surface area contributed by atoms with E-state index in [1.165, 1.54) is 24.3 Å². The number of nitrogens with one attached hydrogen (secondary N) is 2. The number of amides is 1. The van der Waals surface area contributed by atoms with E-state index in [0.29, 0.717) is 23.3 Å². The molecule has 0 bridgehead atoms. The predicted molar refractivity (Wildman–Crippen MR) is 126 cm³/mol. The van der Waals surface area contributed by atoms with Crippen LogP contribution in [0.2, 0.25) is 0 Å². The maximum Gasteiger partial charge on any atom is 0.254 e. The van der Waals surface area contributed by atoms with Gasteiger partial charge in [0.15, 0.2) is 5.78 Å². The summed E-state index contributed by atoms with van der Waals surface area (Å²) in [5.41, 5.74) is 4.18. The van der Waals surface area contributed by atoms with E-state index in [9.17, 15) is 14.0 Å². The monoisotopic (exact) mass is 500 g/mol. The molecule has 0 spiro atoms. The van der Waals surface area contributed by atoms with Gasteiger partial charge in [0.2, 0.25) is 0 Å². The van der Waals surface area contributed by atoms with Crippen LogP contribution in [-0.2, 0) is 9.59 Å². The van der Waals surface area contributed by atoms with Crippen LogP contribution in [0.3, 0.4) is 0 Å². The summed E-state index contributed by atoms with van der Waals surface area (Å²) in [6.45, 7) is 3.79. The minimum absolute atomic E-state index is 0.0725. The SMILES string of the molecule is CC1=C(C(=O)Nc2ccc(F)cc2)C(c2cccc(Br)c2)C2=C(CCCC2=O)N1.CCO. The van der Waals surface area contributed by atoms with Gasteiger partial charge in [-0.1, -0.05) is 28.1 Å². The maximum atomic E-state index is 13.3. The van der Waals surface area contributed by atoms with Gasteiger partial charge in [-0.2, -0.15) is 0 Å². The molecule has 1 aliphatic heterocycles. The first-order chi connectivity index (χ1) is 15.3. The van der Waals surface area contributed by atoms with Crippen molar-refractivity contribution in [2.24, 2.45) is 0 Å². The Balaban J connectivity index is 0.000000913. The lowest BCUT2D eigenvalue weighted by Crippen LogP contribution is -2.35. The van der Waals surface area contributed by atoms with Gasteiger partial charge in [0, 0.05) is 51.6 Å². The summed E-state index contributed by atoms with van der Waals surface area (Å²) < 4.78 is 14.1. The molecule has 1 amide bonds. The quantitative estimate of drug-likeness (QED) is 0.541. The molecule has 1 aliphatic carbocycles. The Morgan fingerprint density at radius 1 is 1.22 bits per heavy atom. The summed E-state index contributed by atoms with van der Waals surface area (Å²) in [5.74, 6) is -1.05. The molecule has 32 heavy (non-hydrogen) atoms. The number of carbonyl (C=O) groups is 2. The van der Waals surface area contributed by atoms with Crippen molar-refractivity contribution in [1.29, 1.82) is 0 Å². The van der Waals surface area contributed by atoms with Gasteiger partial charge in [0.25, 0.3) is 5.91 Å². The number of aliphatic hydroxyl groups excluding tert-OH is 1. The molecule has 7 heteroatoms. The fourth-order valence-electron chi connectivity index (χ4n) is 4.04. The highest BCUT2D eigenvalue weighted by atomic mass is 79.9. The summed E-state index contributed by atoms with van der Waals surface area (Å²) in [6, 6.07) is 13.3. The molecule has 1 heterocycles. The van der Waals surface area contributed by atoms with Crippen LogP contribution in [0.15, 0.2) is 75.5 Å². The van der Waals surface area contributed by atoms with Crippen molar-refractivity contribution in [3.63, 3.8) is 0 Å². The summed E-state index contributed by atoms with van der Waals surface area (Å²) in [7, 11) is 0. The van der Waals surface area contributed by atoms with Crippen LogP contribution >= 0.6 is 15.9 Å². The minimum Gasteiger partial charge on any atom is -0.397 e. The molecule has 0 aromatic heterocycles. The Kier molecular flexibility index (Phi) is 7.99. The van der Waals surface area contributed by atoms with Gasteiger partial charge >= 0.3 is 0 Å². The lowest BCUT2D eigenvalue weighted by atomic mass is 9.75. The van der Waals surface area contributed by atoms with E-state index in [1.54, 1.807) is 6.92 Å². The van der Waals surface area contributed by atoms with Gasteiger partial charge in [-0.25, -0.2) is 4.39 Å². The fourth-order valence-corrected chi connectivity index (χ4v) is 4.45. The van der Waals surface area contributed by atoms with E-state index < -0.39 is 5.92 Å². The number of carbonyl (C=O) groups excluding carboxylic acids is 2. The third-order valence-corrected chi connectivity index (χ3v) is 5.80. The molecule has 4 rings (SSSR count). The van der Waals surface area contributed by atoms with Crippen LogP contribution in [0, 0.1) is 5.82 Å². The Labute approximate surface area is 195 Å². The number of hydrogen-bond donors (Lipinski definition) is 3. The molecule has 1 unspecified atom stereocenters. The van der Waals surface area contributed by atoms with Gasteiger partial charge in [-0.15, -0.1) is 0 Å². The van der Waals surface area contributed by atoms with Gasteiger partial charge in [-0.05, 0) is 68.7 Å². The second-order valence-electron chi connectivity index (χ2n) is 7.60. The van der Waals surface area contributed by atoms with Crippen LogP contribution in [0.1, 0.15) is 44.6 Å². The molecule has 0 saturated carbocycles. The van der Waals surface area contributed by atoms with Crippen molar-refractivity contribution in [1.82, 2.24) is 5.32 Å². The van der Waals surface area contributed by atoms with Gasteiger partial charge in [0.1, 0.15) is 5.82 Å². The molecule has 2 aliphatic rings. The van der Waals surface area contributed by atoms with Crippen molar-refractivity contribution in [2.45, 2.75) is 39.0 Å². The van der Waals surface area contributed by atoms with Crippen LogP contribution < -0.4 is 10.6 Å². The molecule has 0 saturated heterocycles. The Morgan fingerprint density at radius 3 is 2.56 bits per heavy atom. The summed E-state index contributed by atoms with van der Waals surface area (Å²) in [5, 5.41) is 13.7. The highest BCUT2D eigenvalue weighted by molar-refractivity contribution is 9.10. The molecule has 1 atom stereocenters. The highest BCUT2D eigenvalue weighted by Gasteiger charge is 2.38. The molecule has 2 aromatic rings. The van der Waals surface area contributed by atoms with Crippen molar-refractivity contribution < 1.29 is 19.1 Å². The highest BCUT2D eigenvalue weighted by Crippen LogP contribution is 2.42. The normalized spacial score (nSPS) is 17.8. The van der Waals surface area contributed by atoms with E-state index in [1.807, 2.05) is 31.2 Å². The predicted octanol–water partition coefficient (Wildman–Crippen LogP) is 5.19. The van der Waals surface area contributed by atoms with Crippen LogP contribution in [0.25, 0.3) is 0 Å². The molecule has 2 aromatic carbocycles. The third kappa shape index (κ3) is 5.34. The molecule has 0 radical (unpaired) electrons. The molecular weight excluding hydrogens is 475 g/mol. The topological polar surface area (TPSA) is 78.4 Å². The number of benzene rings is 2. The Hall–Kier alpha value is -2.77. The number of dihydropyridines is 1. The average Bonchev–Trinajstić information content (AvgIpc) is 2.75. The minimum atomic E-state index is -0.447. The molecule has 3 N–H and O–H groups in total. The second-order valence-corrected chi connectivity index (χ2v) is 8.51. The molecule has 168 valence electrons. The number of rotatable bonds is 3. The van der Waals surface area contributed by atoms with Crippen molar-refractivity contribution in [3.05, 3.63) is 86.9 Å². The van der Waals surface area contributed by atoms with Gasteiger partial charge in [-0.3, -0.25) is 9.59 Å². The average molecular weight is 501 g/mol. The number of hydrogen-bond acceptors (Lipinski definition) is 4. The Morgan fingerprint density at radius 2 is 1.91 bits per heavy atom.